The van der Waals surface area contributed by atoms with Gasteiger partial charge < -0.3 is 9.64 Å². The molecule has 2 aliphatic heterocycles. The normalized spacial score (nSPS) is 22.2. The Balaban J connectivity index is 1.35. The van der Waals surface area contributed by atoms with Gasteiger partial charge in [-0.1, -0.05) is 12.1 Å². The number of aromatic nitrogens is 1. The van der Waals surface area contributed by atoms with Crippen LogP contribution in [0, 0.1) is 5.82 Å². The molecule has 1 aromatic carbocycles. The average molecular weight is 341 g/mol. The van der Waals surface area contributed by atoms with E-state index in [0.29, 0.717) is 6.54 Å². The maximum Gasteiger partial charge on any atom is 0.410 e. The van der Waals surface area contributed by atoms with Crippen molar-refractivity contribution in [2.24, 2.45) is 0 Å². The van der Waals surface area contributed by atoms with Gasteiger partial charge in [0.1, 0.15) is 11.9 Å². The molecule has 2 fully saturated rings. The number of hydrogen-bond donors (Lipinski definition) is 0. The number of anilines is 1. The fraction of sp³-hybridized carbons (Fsp3) is 0.368. The fourth-order valence-corrected chi connectivity index (χ4v) is 3.63. The molecule has 0 aliphatic carbocycles. The van der Waals surface area contributed by atoms with Gasteiger partial charge in [-0.15, -0.1) is 0 Å². The van der Waals surface area contributed by atoms with E-state index in [4.69, 9.17) is 4.74 Å². The lowest BCUT2D eigenvalue weighted by molar-refractivity contribution is 0.135. The molecule has 0 N–H and O–H groups in total. The first-order chi connectivity index (χ1) is 12.2. The summed E-state index contributed by atoms with van der Waals surface area (Å²) >= 11 is 0. The number of nitrogens with zero attached hydrogens (tertiary/aromatic N) is 3. The lowest BCUT2D eigenvalue weighted by atomic mass is 10.1. The molecular formula is C19H20FN3O2. The zero-order valence-electron chi connectivity index (χ0n) is 13.8. The van der Waals surface area contributed by atoms with E-state index in [1.54, 1.807) is 24.5 Å². The molecule has 0 unspecified atom stereocenters. The minimum Gasteiger partial charge on any atom is -0.442 e. The van der Waals surface area contributed by atoms with Gasteiger partial charge in [0.05, 0.1) is 12.6 Å². The highest BCUT2D eigenvalue weighted by molar-refractivity contribution is 5.71. The molecule has 0 saturated carbocycles. The molecule has 0 radical (unpaired) electrons. The molecule has 6 heteroatoms. The number of ether oxygens (including phenoxy) is 1. The first-order valence-corrected chi connectivity index (χ1v) is 8.57. The molecule has 3 heterocycles. The Kier molecular flexibility index (Phi) is 4.26. The number of fused-ring (bicyclic) bond motifs is 1. The zero-order valence-corrected chi connectivity index (χ0v) is 13.8. The third kappa shape index (κ3) is 3.29. The summed E-state index contributed by atoms with van der Waals surface area (Å²) in [7, 11) is 0. The summed E-state index contributed by atoms with van der Waals surface area (Å²) in [5.41, 5.74) is 2.18. The van der Waals surface area contributed by atoms with Crippen LogP contribution in [-0.2, 0) is 11.2 Å². The van der Waals surface area contributed by atoms with Crippen LogP contribution in [0.5, 0.6) is 0 Å². The van der Waals surface area contributed by atoms with Crippen LogP contribution in [0.4, 0.5) is 14.9 Å². The Hall–Kier alpha value is -2.63. The van der Waals surface area contributed by atoms with E-state index in [9.17, 15) is 9.18 Å². The monoisotopic (exact) mass is 341 g/mol. The summed E-state index contributed by atoms with van der Waals surface area (Å²) in [6.45, 7) is 2.15. The Morgan fingerprint density at radius 1 is 1.12 bits per heavy atom. The van der Waals surface area contributed by atoms with Crippen molar-refractivity contribution in [3.63, 3.8) is 0 Å². The first-order valence-electron chi connectivity index (χ1n) is 8.57. The molecule has 5 nitrogen and oxygen atoms in total. The van der Waals surface area contributed by atoms with Crippen LogP contribution in [-0.4, -0.2) is 47.8 Å². The topological polar surface area (TPSA) is 45.7 Å². The van der Waals surface area contributed by atoms with E-state index in [2.05, 4.69) is 9.88 Å². The largest absolute Gasteiger partial charge is 0.442 e. The Morgan fingerprint density at radius 3 is 2.64 bits per heavy atom. The third-order valence-corrected chi connectivity index (χ3v) is 4.93. The summed E-state index contributed by atoms with van der Waals surface area (Å²) in [5.74, 6) is -0.225. The number of rotatable bonds is 5. The summed E-state index contributed by atoms with van der Waals surface area (Å²) in [6, 6.07) is 10.6. The molecule has 2 saturated heterocycles. The maximum atomic E-state index is 13.0. The van der Waals surface area contributed by atoms with Gasteiger partial charge in [0.2, 0.25) is 0 Å². The Morgan fingerprint density at radius 2 is 1.88 bits per heavy atom. The quantitative estimate of drug-likeness (QED) is 0.839. The predicted molar refractivity (Wildman–Crippen MR) is 91.9 cm³/mol. The standard InChI is InChI=1S/C19H20FN3O2/c20-15-5-3-14(4-6-15)2-1-11-23-17-12-22(13-18(17)25-19(23)24)16-7-9-21-10-8-16/h3-10,17-18H,1-2,11-13H2/t17-,18+/m0/s1. The van der Waals surface area contributed by atoms with Crippen LogP contribution in [0.3, 0.4) is 0 Å². The average Bonchev–Trinajstić information content (AvgIpc) is 3.16. The van der Waals surface area contributed by atoms with Crippen molar-refractivity contribution in [3.8, 4) is 0 Å². The van der Waals surface area contributed by atoms with Crippen LogP contribution >= 0.6 is 0 Å². The summed E-state index contributed by atoms with van der Waals surface area (Å²) < 4.78 is 18.5. The predicted octanol–water partition coefficient (Wildman–Crippen LogP) is 2.86. The molecule has 4 rings (SSSR count). The van der Waals surface area contributed by atoms with Crippen LogP contribution < -0.4 is 4.90 Å². The highest BCUT2D eigenvalue weighted by Gasteiger charge is 2.47. The highest BCUT2D eigenvalue weighted by atomic mass is 19.1. The van der Waals surface area contributed by atoms with Gasteiger partial charge in [0.15, 0.2) is 0 Å². The third-order valence-electron chi connectivity index (χ3n) is 4.93. The van der Waals surface area contributed by atoms with Crippen molar-refractivity contribution >= 4 is 11.8 Å². The molecule has 1 amide bonds. The minimum absolute atomic E-state index is 0.0773. The van der Waals surface area contributed by atoms with Gasteiger partial charge in [-0.2, -0.15) is 0 Å². The number of halogens is 1. The highest BCUT2D eigenvalue weighted by Crippen LogP contribution is 2.30. The number of carbonyl (C=O) groups excluding carboxylic acids is 1. The Labute approximate surface area is 146 Å². The molecule has 130 valence electrons. The van der Waals surface area contributed by atoms with Crippen molar-refractivity contribution in [1.82, 2.24) is 9.88 Å². The van der Waals surface area contributed by atoms with Gasteiger partial charge in [-0.05, 0) is 42.7 Å². The van der Waals surface area contributed by atoms with E-state index in [0.717, 1.165) is 37.2 Å². The van der Waals surface area contributed by atoms with E-state index in [1.807, 2.05) is 17.0 Å². The van der Waals surface area contributed by atoms with Crippen molar-refractivity contribution < 1.29 is 13.9 Å². The molecule has 2 atom stereocenters. The van der Waals surface area contributed by atoms with Gasteiger partial charge >= 0.3 is 6.09 Å². The summed E-state index contributed by atoms with van der Waals surface area (Å²) in [5, 5.41) is 0. The first kappa shape index (κ1) is 15.9. The second kappa shape index (κ2) is 6.70. The molecule has 2 aliphatic rings. The lowest BCUT2D eigenvalue weighted by Crippen LogP contribution is -2.38. The molecule has 1 aromatic heterocycles. The zero-order chi connectivity index (χ0) is 17.2. The molecule has 0 bridgehead atoms. The van der Waals surface area contributed by atoms with Crippen molar-refractivity contribution in [3.05, 3.63) is 60.2 Å². The van der Waals surface area contributed by atoms with Gasteiger partial charge in [-0.25, -0.2) is 9.18 Å². The van der Waals surface area contributed by atoms with Gasteiger partial charge in [-0.3, -0.25) is 9.88 Å². The molecular weight excluding hydrogens is 321 g/mol. The molecule has 2 aromatic rings. The van der Waals surface area contributed by atoms with E-state index in [1.165, 1.54) is 12.1 Å². The number of benzene rings is 1. The fourth-order valence-electron chi connectivity index (χ4n) is 3.63. The van der Waals surface area contributed by atoms with Crippen LogP contribution in [0.25, 0.3) is 0 Å². The minimum atomic E-state index is -0.225. The van der Waals surface area contributed by atoms with Gasteiger partial charge in [0.25, 0.3) is 0 Å². The van der Waals surface area contributed by atoms with E-state index < -0.39 is 0 Å². The smallest absolute Gasteiger partial charge is 0.410 e. The van der Waals surface area contributed by atoms with E-state index >= 15 is 0 Å². The van der Waals surface area contributed by atoms with Crippen LogP contribution in [0.2, 0.25) is 0 Å². The van der Waals surface area contributed by atoms with Crippen molar-refractivity contribution in [2.45, 2.75) is 25.0 Å². The van der Waals surface area contributed by atoms with E-state index in [-0.39, 0.29) is 24.1 Å². The van der Waals surface area contributed by atoms with Gasteiger partial charge in [0, 0.05) is 31.2 Å². The van der Waals surface area contributed by atoms with Crippen molar-refractivity contribution in [1.29, 1.82) is 0 Å². The van der Waals surface area contributed by atoms with Crippen LogP contribution in [0.15, 0.2) is 48.8 Å². The second-order valence-corrected chi connectivity index (χ2v) is 6.52. The molecule has 0 spiro atoms. The number of carbonyl (C=O) groups is 1. The second-order valence-electron chi connectivity index (χ2n) is 6.52. The number of hydrogen-bond acceptors (Lipinski definition) is 4. The SMILES string of the molecule is O=C1O[C@@H]2CN(c3ccncc3)C[C@@H]2N1CCCc1ccc(F)cc1. The van der Waals surface area contributed by atoms with Crippen molar-refractivity contribution in [2.75, 3.05) is 24.5 Å². The maximum absolute atomic E-state index is 13.0. The van der Waals surface area contributed by atoms with Crippen LogP contribution in [0.1, 0.15) is 12.0 Å². The number of aryl methyl sites for hydroxylation is 1. The summed E-state index contributed by atoms with van der Waals surface area (Å²) in [6.07, 6.45) is 4.90. The number of pyridine rings is 1. The number of amides is 1. The summed E-state index contributed by atoms with van der Waals surface area (Å²) in [4.78, 5) is 20.3. The molecule has 25 heavy (non-hydrogen) atoms. The Bertz CT molecular complexity index is 738. The lowest BCUT2D eigenvalue weighted by Gasteiger charge is -2.23.